The van der Waals surface area contributed by atoms with Gasteiger partial charge in [-0.1, -0.05) is 22.0 Å². The van der Waals surface area contributed by atoms with Gasteiger partial charge in [-0.25, -0.2) is 4.39 Å². The molecule has 1 rings (SSSR count). The van der Waals surface area contributed by atoms with Crippen molar-refractivity contribution in [1.29, 1.82) is 0 Å². The molecule has 0 aromatic heterocycles. The zero-order valence-electron chi connectivity index (χ0n) is 4.70. The van der Waals surface area contributed by atoms with Gasteiger partial charge in [0.1, 0.15) is 5.82 Å². The highest BCUT2D eigenvalue weighted by molar-refractivity contribution is 9.08. The fourth-order valence-electron chi connectivity index (χ4n) is 0.521. The van der Waals surface area contributed by atoms with Gasteiger partial charge in [0.15, 0.2) is 0 Å². The fraction of sp³-hybridized carbons (Fsp3) is 0.143. The number of hydrogen-bond acceptors (Lipinski definition) is 0. The minimum Gasteiger partial charge on any atom is -0.206 e. The molecule has 2 heteroatoms. The summed E-state index contributed by atoms with van der Waals surface area (Å²) in [7, 11) is 0. The second kappa shape index (κ2) is 2.97. The topological polar surface area (TPSA) is 0 Å². The van der Waals surface area contributed by atoms with E-state index in [0.29, 0.717) is 0 Å². The molecule has 0 bridgehead atoms. The van der Waals surface area contributed by atoms with Crippen LogP contribution in [0.15, 0.2) is 18.2 Å². The summed E-state index contributed by atoms with van der Waals surface area (Å²) in [5.41, 5.74) is 1.04. The molecule has 9 heavy (non-hydrogen) atoms. The van der Waals surface area contributed by atoms with Crippen LogP contribution in [0.25, 0.3) is 0 Å². The van der Waals surface area contributed by atoms with Gasteiger partial charge in [-0.3, -0.25) is 0 Å². The van der Waals surface area contributed by atoms with Crippen molar-refractivity contribution in [2.75, 3.05) is 0 Å². The van der Waals surface area contributed by atoms with E-state index in [9.17, 15) is 4.39 Å². The molecule has 1 radical (unpaired) electrons. The fourth-order valence-corrected chi connectivity index (χ4v) is 0.870. The highest BCUT2D eigenvalue weighted by atomic mass is 79.9. The van der Waals surface area contributed by atoms with E-state index in [4.69, 9.17) is 0 Å². The molecule has 0 fully saturated rings. The summed E-state index contributed by atoms with van der Waals surface area (Å²) in [5, 5.41) is 0.754. The normalized spacial score (nSPS) is 9.56. The molecule has 0 saturated heterocycles. The number of rotatable bonds is 1. The first-order chi connectivity index (χ1) is 4.33. The zero-order valence-corrected chi connectivity index (χ0v) is 6.28. The van der Waals surface area contributed by atoms with E-state index >= 15 is 0 Å². The second-order valence-corrected chi connectivity index (χ2v) is 2.24. The van der Waals surface area contributed by atoms with Crippen LogP contribution >= 0.6 is 15.9 Å². The molecule has 0 aliphatic carbocycles. The molecule has 0 unspecified atom stereocenters. The minimum absolute atomic E-state index is 0.306. The molecule has 47 valence electrons. The van der Waals surface area contributed by atoms with Crippen LogP contribution in [0.3, 0.4) is 0 Å². The van der Waals surface area contributed by atoms with E-state index in [1.165, 1.54) is 6.07 Å². The van der Waals surface area contributed by atoms with Crippen molar-refractivity contribution in [2.45, 2.75) is 5.33 Å². The smallest absolute Gasteiger partial charge is 0.131 e. The Bertz CT molecular complexity index is 181. The van der Waals surface area contributed by atoms with Crippen molar-refractivity contribution < 1.29 is 4.39 Å². The van der Waals surface area contributed by atoms with E-state index in [2.05, 4.69) is 22.0 Å². The summed E-state index contributed by atoms with van der Waals surface area (Å²) in [6.45, 7) is 0. The van der Waals surface area contributed by atoms with Gasteiger partial charge in [-0.2, -0.15) is 0 Å². The minimum atomic E-state index is -0.306. The first kappa shape index (κ1) is 6.75. The maximum absolute atomic E-state index is 12.2. The Hall–Kier alpha value is -0.370. The van der Waals surface area contributed by atoms with Crippen molar-refractivity contribution in [3.8, 4) is 0 Å². The first-order valence-corrected chi connectivity index (χ1v) is 3.67. The lowest BCUT2D eigenvalue weighted by Gasteiger charge is -1.90. The standard InChI is InChI=1S/C7H5BrF/c8-5-6-1-3-7(9)4-2-6/h1-3H,5H2. The van der Waals surface area contributed by atoms with E-state index in [-0.39, 0.29) is 5.82 Å². The SMILES string of the molecule is Fc1[c]cc(CBr)cc1. The molecular formula is C7H5BrF. The third-order valence-corrected chi connectivity index (χ3v) is 1.64. The molecule has 0 spiro atoms. The van der Waals surface area contributed by atoms with Gasteiger partial charge in [0.2, 0.25) is 0 Å². The van der Waals surface area contributed by atoms with Crippen LogP contribution in [0.2, 0.25) is 0 Å². The van der Waals surface area contributed by atoms with Crippen molar-refractivity contribution in [2.24, 2.45) is 0 Å². The van der Waals surface area contributed by atoms with Crippen LogP contribution in [0.4, 0.5) is 4.39 Å². The number of hydrogen-bond donors (Lipinski definition) is 0. The Morgan fingerprint density at radius 1 is 1.56 bits per heavy atom. The summed E-state index contributed by atoms with van der Waals surface area (Å²) in [6.07, 6.45) is 0. The maximum atomic E-state index is 12.2. The molecule has 0 nitrogen and oxygen atoms in total. The lowest BCUT2D eigenvalue weighted by molar-refractivity contribution is 0.625. The highest BCUT2D eigenvalue weighted by Crippen LogP contribution is 2.05. The number of alkyl halides is 1. The molecule has 1 aromatic rings. The summed E-state index contributed by atoms with van der Waals surface area (Å²) < 4.78 is 12.2. The van der Waals surface area contributed by atoms with Crippen molar-refractivity contribution in [3.05, 3.63) is 35.6 Å². The van der Waals surface area contributed by atoms with Crippen molar-refractivity contribution >= 4 is 15.9 Å². The number of benzene rings is 1. The van der Waals surface area contributed by atoms with Crippen molar-refractivity contribution in [3.63, 3.8) is 0 Å². The first-order valence-electron chi connectivity index (χ1n) is 2.55. The van der Waals surface area contributed by atoms with E-state index in [1.54, 1.807) is 12.1 Å². The Balaban J connectivity index is 2.88. The van der Waals surface area contributed by atoms with Gasteiger partial charge in [0.05, 0.1) is 0 Å². The molecule has 0 heterocycles. The van der Waals surface area contributed by atoms with Gasteiger partial charge in [-0.15, -0.1) is 0 Å². The Kier molecular flexibility index (Phi) is 2.22. The molecule has 0 amide bonds. The summed E-state index contributed by atoms with van der Waals surface area (Å²) in [4.78, 5) is 0. The highest BCUT2D eigenvalue weighted by Gasteiger charge is 1.89. The van der Waals surface area contributed by atoms with Gasteiger partial charge in [0.25, 0.3) is 0 Å². The van der Waals surface area contributed by atoms with Crippen LogP contribution in [-0.2, 0) is 5.33 Å². The number of halogens is 2. The summed E-state index contributed by atoms with van der Waals surface area (Å²) in [5.74, 6) is -0.306. The Morgan fingerprint density at radius 3 is 2.78 bits per heavy atom. The summed E-state index contributed by atoms with van der Waals surface area (Å²) >= 11 is 3.24. The monoisotopic (exact) mass is 187 g/mol. The third kappa shape index (κ3) is 1.79. The third-order valence-electron chi connectivity index (χ3n) is 0.993. The maximum Gasteiger partial charge on any atom is 0.131 e. The van der Waals surface area contributed by atoms with Crippen LogP contribution in [0, 0.1) is 11.9 Å². The van der Waals surface area contributed by atoms with Gasteiger partial charge in [-0.05, 0) is 17.7 Å². The predicted octanol–water partition coefficient (Wildman–Crippen LogP) is 2.52. The summed E-state index contributed by atoms with van der Waals surface area (Å²) in [6, 6.07) is 7.21. The molecular weight excluding hydrogens is 183 g/mol. The van der Waals surface area contributed by atoms with Gasteiger partial charge >= 0.3 is 0 Å². The lowest BCUT2D eigenvalue weighted by atomic mass is 10.2. The Morgan fingerprint density at radius 2 is 2.33 bits per heavy atom. The Labute approximate surface area is 61.8 Å². The molecule has 0 saturated carbocycles. The van der Waals surface area contributed by atoms with E-state index in [1.807, 2.05) is 0 Å². The molecule has 0 aliphatic rings. The second-order valence-electron chi connectivity index (χ2n) is 1.68. The van der Waals surface area contributed by atoms with Crippen LogP contribution < -0.4 is 0 Å². The van der Waals surface area contributed by atoms with Crippen LogP contribution in [0.5, 0.6) is 0 Å². The average Bonchev–Trinajstić information content (AvgIpc) is 1.90. The predicted molar refractivity (Wildman–Crippen MR) is 37.9 cm³/mol. The van der Waals surface area contributed by atoms with Crippen LogP contribution in [-0.4, -0.2) is 0 Å². The van der Waals surface area contributed by atoms with Gasteiger partial charge < -0.3 is 0 Å². The quantitative estimate of drug-likeness (QED) is 0.594. The van der Waals surface area contributed by atoms with E-state index < -0.39 is 0 Å². The molecule has 0 atom stereocenters. The zero-order chi connectivity index (χ0) is 6.69. The van der Waals surface area contributed by atoms with E-state index in [0.717, 1.165) is 10.9 Å². The molecule has 0 N–H and O–H groups in total. The molecule has 0 aliphatic heterocycles. The van der Waals surface area contributed by atoms with Crippen molar-refractivity contribution in [1.82, 2.24) is 0 Å². The largest absolute Gasteiger partial charge is 0.206 e. The van der Waals surface area contributed by atoms with Crippen LogP contribution in [0.1, 0.15) is 5.56 Å². The average molecular weight is 188 g/mol. The molecule has 1 aromatic carbocycles. The van der Waals surface area contributed by atoms with Gasteiger partial charge in [0, 0.05) is 11.4 Å². The lowest BCUT2D eigenvalue weighted by Crippen LogP contribution is -1.77.